The zero-order chi connectivity index (χ0) is 27.4. The minimum absolute atomic E-state index is 0.0420. The normalized spacial score (nSPS) is 21.7. The summed E-state index contributed by atoms with van der Waals surface area (Å²) < 4.78 is 40.3. The summed E-state index contributed by atoms with van der Waals surface area (Å²) in [6.45, 7) is 11.5. The summed E-state index contributed by atoms with van der Waals surface area (Å²) in [7, 11) is -3.68. The van der Waals surface area contributed by atoms with E-state index < -0.39 is 16.4 Å². The van der Waals surface area contributed by atoms with Crippen molar-refractivity contribution in [2.75, 3.05) is 24.5 Å². The summed E-state index contributed by atoms with van der Waals surface area (Å²) in [5, 5.41) is 14.2. The Bertz CT molecular complexity index is 1160. The molecule has 9 nitrogen and oxygen atoms in total. The largest absolute Gasteiger partial charge is 0.372 e. The number of hydrogen-bond donors (Lipinski definition) is 3. The lowest BCUT2D eigenvalue weighted by molar-refractivity contribution is -0.150. The number of aliphatic hydroxyl groups excluding tert-OH is 1. The second-order valence-electron chi connectivity index (χ2n) is 10.7. The lowest BCUT2D eigenvalue weighted by atomic mass is 9.86. The second kappa shape index (κ2) is 12.7. The van der Waals surface area contributed by atoms with E-state index in [1.165, 1.54) is 0 Å². The van der Waals surface area contributed by atoms with Crippen molar-refractivity contribution in [2.45, 2.75) is 102 Å². The first kappa shape index (κ1) is 29.4. The number of benzene rings is 1. The molecule has 1 aliphatic heterocycles. The Balaban J connectivity index is 1.47. The summed E-state index contributed by atoms with van der Waals surface area (Å²) in [6.07, 6.45) is 4.90. The predicted molar refractivity (Wildman–Crippen MR) is 151 cm³/mol. The molecule has 1 atom stereocenters. The molecule has 0 radical (unpaired) electrons. The molecule has 0 bridgehead atoms. The average Bonchev–Trinajstić information content (AvgIpc) is 3.31. The van der Waals surface area contributed by atoms with E-state index >= 15 is 0 Å². The molecule has 38 heavy (non-hydrogen) atoms. The van der Waals surface area contributed by atoms with Crippen molar-refractivity contribution in [2.24, 2.45) is 0 Å². The quantitative estimate of drug-likeness (QED) is 0.330. The second-order valence-corrected chi connectivity index (χ2v) is 13.5. The van der Waals surface area contributed by atoms with Crippen molar-refractivity contribution in [1.82, 2.24) is 15.0 Å². The van der Waals surface area contributed by atoms with Crippen LogP contribution < -0.4 is 14.9 Å². The van der Waals surface area contributed by atoms with E-state index in [0.29, 0.717) is 18.0 Å². The van der Waals surface area contributed by atoms with Gasteiger partial charge in [0.2, 0.25) is 16.4 Å². The molecular formula is C27H42N4O5S2. The molecule has 2 aliphatic rings. The fourth-order valence-electron chi connectivity index (χ4n) is 5.13. The van der Waals surface area contributed by atoms with E-state index in [-0.39, 0.29) is 29.2 Å². The van der Waals surface area contributed by atoms with Crippen molar-refractivity contribution in [1.29, 1.82) is 0 Å². The summed E-state index contributed by atoms with van der Waals surface area (Å²) in [5.74, 6) is 0.321. The fourth-order valence-corrected chi connectivity index (χ4v) is 7.60. The predicted octanol–water partition coefficient (Wildman–Crippen LogP) is 4.04. The zero-order valence-electron chi connectivity index (χ0n) is 23.0. The number of aliphatic hydroxyl groups is 1. The fraction of sp³-hybridized carbons (Fsp3) is 0.667. The first-order chi connectivity index (χ1) is 18.1. The highest BCUT2D eigenvalue weighted by Crippen LogP contribution is 2.40. The third-order valence-electron chi connectivity index (χ3n) is 6.91. The van der Waals surface area contributed by atoms with Crippen LogP contribution in [-0.2, 0) is 19.5 Å². The molecule has 0 spiro atoms. The lowest BCUT2D eigenvalue weighted by Gasteiger charge is -2.41. The van der Waals surface area contributed by atoms with Gasteiger partial charge in [0.05, 0.1) is 33.1 Å². The Morgan fingerprint density at radius 2 is 1.84 bits per heavy atom. The maximum absolute atomic E-state index is 13.2. The maximum atomic E-state index is 13.2. The van der Waals surface area contributed by atoms with Crippen molar-refractivity contribution in [3.05, 3.63) is 29.4 Å². The van der Waals surface area contributed by atoms with E-state index in [1.54, 1.807) is 30.5 Å². The molecule has 11 heteroatoms. The zero-order valence-corrected chi connectivity index (χ0v) is 24.6. The van der Waals surface area contributed by atoms with Gasteiger partial charge in [-0.25, -0.2) is 18.1 Å². The number of ether oxygens (including phenoxy) is 2. The SMILES string of the molecule is CCNS(=O)(=O)c1cc(N2CC(OC(C)C)C2)ccc1-c1cnc(C2CCC(NC(O)OC(C)C)CC2)s1. The summed E-state index contributed by atoms with van der Waals surface area (Å²) in [4.78, 5) is 8.00. The summed E-state index contributed by atoms with van der Waals surface area (Å²) >= 11 is 1.57. The van der Waals surface area contributed by atoms with E-state index in [0.717, 1.165) is 54.3 Å². The topological polar surface area (TPSA) is 113 Å². The molecular weight excluding hydrogens is 524 g/mol. The molecule has 2 heterocycles. The number of nitrogens with zero attached hydrogens (tertiary/aromatic N) is 2. The Morgan fingerprint density at radius 1 is 1.13 bits per heavy atom. The number of hydrogen-bond acceptors (Lipinski definition) is 9. The summed E-state index contributed by atoms with van der Waals surface area (Å²) in [6, 6.07) is 5.88. The first-order valence-electron chi connectivity index (χ1n) is 13.7. The van der Waals surface area contributed by atoms with Crippen LogP contribution >= 0.6 is 11.3 Å². The molecule has 1 aromatic heterocycles. The molecule has 1 aromatic carbocycles. The van der Waals surface area contributed by atoms with Gasteiger partial charge in [0.15, 0.2) is 0 Å². The Morgan fingerprint density at radius 3 is 2.47 bits per heavy atom. The van der Waals surface area contributed by atoms with E-state index in [4.69, 9.17) is 14.5 Å². The lowest BCUT2D eigenvalue weighted by Crippen LogP contribution is -2.53. The van der Waals surface area contributed by atoms with Gasteiger partial charge >= 0.3 is 0 Å². The van der Waals surface area contributed by atoms with Crippen LogP contribution in [0.3, 0.4) is 0 Å². The first-order valence-corrected chi connectivity index (χ1v) is 16.0. The average molecular weight is 567 g/mol. The third kappa shape index (κ3) is 7.32. The van der Waals surface area contributed by atoms with Gasteiger partial charge in [0, 0.05) is 49.0 Å². The molecule has 1 saturated heterocycles. The van der Waals surface area contributed by atoms with E-state index in [1.807, 2.05) is 39.8 Å². The standard InChI is InChI=1S/C27H42N4O5S2/c1-6-29-38(33,34)25-13-21(31-15-22(16-31)35-17(2)3)11-12-23(25)24-14-28-26(37-24)19-7-9-20(10-8-19)30-27(32)36-18(4)5/h11-14,17-20,22,27,29-30,32H,6-10,15-16H2,1-5H3. The number of anilines is 1. The van der Waals surface area contributed by atoms with Gasteiger partial charge < -0.3 is 19.5 Å². The van der Waals surface area contributed by atoms with Gasteiger partial charge in [-0.15, -0.1) is 11.3 Å². The van der Waals surface area contributed by atoms with Crippen LogP contribution in [0.2, 0.25) is 0 Å². The van der Waals surface area contributed by atoms with Crippen LogP contribution in [0.15, 0.2) is 29.3 Å². The molecule has 0 amide bonds. The van der Waals surface area contributed by atoms with Crippen LogP contribution in [0.25, 0.3) is 10.4 Å². The van der Waals surface area contributed by atoms with Crippen molar-refractivity contribution in [3.8, 4) is 10.4 Å². The molecule has 3 N–H and O–H groups in total. The van der Waals surface area contributed by atoms with Crippen molar-refractivity contribution in [3.63, 3.8) is 0 Å². The van der Waals surface area contributed by atoms with Gasteiger partial charge in [0.25, 0.3) is 0 Å². The van der Waals surface area contributed by atoms with Crippen LogP contribution in [0.4, 0.5) is 5.69 Å². The van der Waals surface area contributed by atoms with Crippen LogP contribution in [-0.4, -0.2) is 68.9 Å². The highest BCUT2D eigenvalue weighted by molar-refractivity contribution is 7.89. The highest BCUT2D eigenvalue weighted by Gasteiger charge is 2.31. The maximum Gasteiger partial charge on any atom is 0.241 e. The number of aromatic nitrogens is 1. The van der Waals surface area contributed by atoms with Gasteiger partial charge in [-0.2, -0.15) is 0 Å². The smallest absolute Gasteiger partial charge is 0.241 e. The van der Waals surface area contributed by atoms with Gasteiger partial charge in [-0.05, 0) is 65.5 Å². The Hall–Kier alpha value is -1.60. The summed E-state index contributed by atoms with van der Waals surface area (Å²) in [5.41, 5.74) is 1.56. The van der Waals surface area contributed by atoms with Gasteiger partial charge in [0.1, 0.15) is 0 Å². The molecule has 4 rings (SSSR count). The van der Waals surface area contributed by atoms with Crippen molar-refractivity contribution < 1.29 is 23.0 Å². The minimum Gasteiger partial charge on any atom is -0.372 e. The van der Waals surface area contributed by atoms with E-state index in [9.17, 15) is 13.5 Å². The molecule has 1 unspecified atom stereocenters. The molecule has 212 valence electrons. The Labute approximate surface area is 231 Å². The van der Waals surface area contributed by atoms with Crippen LogP contribution in [0, 0.1) is 0 Å². The molecule has 2 fully saturated rings. The highest BCUT2D eigenvalue weighted by atomic mass is 32.2. The van der Waals surface area contributed by atoms with Crippen LogP contribution in [0.1, 0.15) is 71.2 Å². The molecule has 1 saturated carbocycles. The van der Waals surface area contributed by atoms with Crippen LogP contribution in [0.5, 0.6) is 0 Å². The number of sulfonamides is 1. The Kier molecular flexibility index (Phi) is 9.83. The molecule has 1 aliphatic carbocycles. The van der Waals surface area contributed by atoms with Crippen molar-refractivity contribution >= 4 is 27.0 Å². The monoisotopic (exact) mass is 566 g/mol. The number of nitrogens with one attached hydrogen (secondary N) is 2. The minimum atomic E-state index is -3.68. The van der Waals surface area contributed by atoms with Gasteiger partial charge in [-0.1, -0.05) is 13.0 Å². The molecule has 2 aromatic rings. The third-order valence-corrected chi connectivity index (χ3v) is 9.69. The van der Waals surface area contributed by atoms with Gasteiger partial charge in [-0.3, -0.25) is 5.32 Å². The number of thiazole rings is 1. The number of rotatable bonds is 12. The van der Waals surface area contributed by atoms with E-state index in [2.05, 4.69) is 14.9 Å².